The van der Waals surface area contributed by atoms with Crippen molar-refractivity contribution in [1.29, 1.82) is 0 Å². The SMILES string of the molecule is O=C(O)c1nccnc1C(=O)N[C@H](c1ccccc1)[C@H](NC(=O)c1nccnc1C(=O)O)c1ccccc1. The number of benzene rings is 2. The number of carbonyl (C=O) groups excluding carboxylic acids is 2. The fraction of sp³-hybridized carbons (Fsp3) is 0.0769. The average Bonchev–Trinajstić information content (AvgIpc) is 2.95. The number of amides is 2. The fourth-order valence-corrected chi connectivity index (χ4v) is 3.78. The first-order valence-electron chi connectivity index (χ1n) is 11.2. The summed E-state index contributed by atoms with van der Waals surface area (Å²) in [6.07, 6.45) is 4.69. The summed E-state index contributed by atoms with van der Waals surface area (Å²) in [7, 11) is 0. The predicted octanol–water partition coefficient (Wildman–Crippen LogP) is 2.31. The number of hydrogen-bond acceptors (Lipinski definition) is 8. The van der Waals surface area contributed by atoms with Gasteiger partial charge in [-0.1, -0.05) is 60.7 Å². The van der Waals surface area contributed by atoms with E-state index in [-0.39, 0.29) is 0 Å². The van der Waals surface area contributed by atoms with Gasteiger partial charge in [0.2, 0.25) is 0 Å². The van der Waals surface area contributed by atoms with Gasteiger partial charge in [-0.3, -0.25) is 9.59 Å². The number of carbonyl (C=O) groups is 4. The molecule has 12 heteroatoms. The summed E-state index contributed by atoms with van der Waals surface area (Å²) in [4.78, 5) is 65.1. The topological polar surface area (TPSA) is 184 Å². The van der Waals surface area contributed by atoms with Crippen LogP contribution in [0.5, 0.6) is 0 Å². The van der Waals surface area contributed by atoms with E-state index < -0.39 is 58.6 Å². The number of aromatic nitrogens is 4. The number of hydrogen-bond donors (Lipinski definition) is 4. The monoisotopic (exact) mass is 512 g/mol. The van der Waals surface area contributed by atoms with Crippen LogP contribution >= 0.6 is 0 Å². The summed E-state index contributed by atoms with van der Waals surface area (Å²) in [5.41, 5.74) is -0.783. The Morgan fingerprint density at radius 3 is 1.16 bits per heavy atom. The molecule has 2 atom stereocenters. The number of carboxylic acids is 2. The molecule has 0 spiro atoms. The van der Waals surface area contributed by atoms with Crippen molar-refractivity contribution in [3.8, 4) is 0 Å². The Labute approximate surface area is 215 Å². The zero-order valence-electron chi connectivity index (χ0n) is 19.6. The van der Waals surface area contributed by atoms with E-state index in [9.17, 15) is 29.4 Å². The summed E-state index contributed by atoms with van der Waals surface area (Å²) in [6, 6.07) is 15.4. The van der Waals surface area contributed by atoms with Crippen LogP contribution in [0.4, 0.5) is 0 Å². The smallest absolute Gasteiger partial charge is 0.356 e. The molecule has 190 valence electrons. The maximum atomic E-state index is 13.3. The van der Waals surface area contributed by atoms with Crippen molar-refractivity contribution in [1.82, 2.24) is 30.6 Å². The zero-order valence-corrected chi connectivity index (χ0v) is 19.6. The second-order valence-electron chi connectivity index (χ2n) is 7.84. The molecule has 0 bridgehead atoms. The van der Waals surface area contributed by atoms with Gasteiger partial charge in [0, 0.05) is 24.8 Å². The van der Waals surface area contributed by atoms with E-state index in [0.29, 0.717) is 11.1 Å². The Morgan fingerprint density at radius 2 is 0.842 bits per heavy atom. The van der Waals surface area contributed by atoms with Crippen LogP contribution in [0.1, 0.15) is 65.2 Å². The summed E-state index contributed by atoms with van der Waals surface area (Å²) < 4.78 is 0. The fourth-order valence-electron chi connectivity index (χ4n) is 3.78. The van der Waals surface area contributed by atoms with Gasteiger partial charge >= 0.3 is 11.9 Å². The number of rotatable bonds is 9. The maximum Gasteiger partial charge on any atom is 0.356 e. The van der Waals surface area contributed by atoms with Crippen LogP contribution in [-0.2, 0) is 0 Å². The number of nitrogens with one attached hydrogen (secondary N) is 2. The highest BCUT2D eigenvalue weighted by atomic mass is 16.4. The van der Waals surface area contributed by atoms with Crippen LogP contribution in [-0.4, -0.2) is 53.9 Å². The van der Waals surface area contributed by atoms with E-state index in [0.717, 1.165) is 12.4 Å². The molecular formula is C26H20N6O6. The van der Waals surface area contributed by atoms with Gasteiger partial charge in [-0.15, -0.1) is 0 Å². The van der Waals surface area contributed by atoms with Crippen molar-refractivity contribution in [3.63, 3.8) is 0 Å². The Bertz CT molecular complexity index is 1370. The van der Waals surface area contributed by atoms with Crippen molar-refractivity contribution in [2.24, 2.45) is 0 Å². The third-order valence-corrected chi connectivity index (χ3v) is 5.46. The third kappa shape index (κ3) is 5.65. The van der Waals surface area contributed by atoms with E-state index in [4.69, 9.17) is 0 Å². The molecule has 0 aliphatic rings. The van der Waals surface area contributed by atoms with Crippen molar-refractivity contribution in [2.45, 2.75) is 12.1 Å². The van der Waals surface area contributed by atoms with Crippen molar-refractivity contribution < 1.29 is 29.4 Å². The lowest BCUT2D eigenvalue weighted by molar-refractivity contribution is 0.0673. The van der Waals surface area contributed by atoms with Crippen LogP contribution in [0.3, 0.4) is 0 Å². The molecular weight excluding hydrogens is 492 g/mol. The van der Waals surface area contributed by atoms with Gasteiger partial charge in [0.1, 0.15) is 0 Å². The lowest BCUT2D eigenvalue weighted by atomic mass is 9.92. The number of carboxylic acid groups (broad SMARTS) is 2. The first-order valence-corrected chi connectivity index (χ1v) is 11.2. The van der Waals surface area contributed by atoms with Gasteiger partial charge < -0.3 is 20.8 Å². The van der Waals surface area contributed by atoms with E-state index in [1.165, 1.54) is 12.4 Å². The zero-order chi connectivity index (χ0) is 27.1. The molecule has 2 aromatic heterocycles. The molecule has 38 heavy (non-hydrogen) atoms. The van der Waals surface area contributed by atoms with Crippen LogP contribution in [0.15, 0.2) is 85.5 Å². The van der Waals surface area contributed by atoms with Crippen LogP contribution < -0.4 is 10.6 Å². The van der Waals surface area contributed by atoms with Crippen molar-refractivity contribution >= 4 is 23.8 Å². The second kappa shape index (κ2) is 11.5. The van der Waals surface area contributed by atoms with Gasteiger partial charge in [-0.25, -0.2) is 29.5 Å². The molecule has 2 aromatic carbocycles. The van der Waals surface area contributed by atoms with E-state index in [2.05, 4.69) is 30.6 Å². The molecule has 0 fully saturated rings. The number of nitrogens with zero attached hydrogens (tertiary/aromatic N) is 4. The van der Waals surface area contributed by atoms with Gasteiger partial charge in [0.15, 0.2) is 22.8 Å². The van der Waals surface area contributed by atoms with Gasteiger partial charge in [0.05, 0.1) is 12.1 Å². The largest absolute Gasteiger partial charge is 0.476 e. The first-order chi connectivity index (χ1) is 18.4. The lowest BCUT2D eigenvalue weighted by Gasteiger charge is -2.30. The minimum Gasteiger partial charge on any atom is -0.476 e. The van der Waals surface area contributed by atoms with E-state index in [1.54, 1.807) is 60.7 Å². The average molecular weight is 512 g/mol. The lowest BCUT2D eigenvalue weighted by Crippen LogP contribution is -2.42. The quantitative estimate of drug-likeness (QED) is 0.259. The summed E-state index contributed by atoms with van der Waals surface area (Å²) in [5, 5.41) is 24.5. The second-order valence-corrected chi connectivity index (χ2v) is 7.84. The molecule has 0 aliphatic carbocycles. The molecule has 4 aromatic rings. The van der Waals surface area contributed by atoms with Gasteiger partial charge in [0.25, 0.3) is 11.8 Å². The Kier molecular flexibility index (Phi) is 7.72. The van der Waals surface area contributed by atoms with Crippen LogP contribution in [0, 0.1) is 0 Å². The normalized spacial score (nSPS) is 12.1. The summed E-state index contributed by atoms with van der Waals surface area (Å²) >= 11 is 0. The number of aromatic carboxylic acids is 2. The minimum absolute atomic E-state index is 0.416. The Morgan fingerprint density at radius 1 is 0.526 bits per heavy atom. The third-order valence-electron chi connectivity index (χ3n) is 5.46. The first kappa shape index (κ1) is 25.6. The molecule has 0 aliphatic heterocycles. The van der Waals surface area contributed by atoms with Crippen LogP contribution in [0.2, 0.25) is 0 Å². The predicted molar refractivity (Wildman–Crippen MR) is 131 cm³/mol. The molecule has 12 nitrogen and oxygen atoms in total. The molecule has 2 amide bonds. The molecule has 2 heterocycles. The highest BCUT2D eigenvalue weighted by molar-refractivity contribution is 6.03. The van der Waals surface area contributed by atoms with Crippen molar-refractivity contribution in [3.05, 3.63) is 119 Å². The molecule has 0 saturated carbocycles. The molecule has 0 unspecified atom stereocenters. The van der Waals surface area contributed by atoms with Crippen LogP contribution in [0.25, 0.3) is 0 Å². The molecule has 0 saturated heterocycles. The maximum absolute atomic E-state index is 13.3. The minimum atomic E-state index is -1.43. The standard InChI is InChI=1S/C26H20N6O6/c33-23(19-21(25(35)36)29-13-11-27-19)31-17(15-7-3-1-4-8-15)18(16-9-5-2-6-10-16)32-24(34)20-22(26(37)38)30-14-12-28-20/h1-14,17-18H,(H,31,33)(H,32,34)(H,35,36)(H,37,38)/t17-,18-/m1/s1. The molecule has 4 rings (SSSR count). The highest BCUT2D eigenvalue weighted by Crippen LogP contribution is 2.30. The van der Waals surface area contributed by atoms with Crippen molar-refractivity contribution in [2.75, 3.05) is 0 Å². The highest BCUT2D eigenvalue weighted by Gasteiger charge is 2.32. The van der Waals surface area contributed by atoms with E-state index >= 15 is 0 Å². The molecule has 0 radical (unpaired) electrons. The summed E-state index contributed by atoms with van der Waals surface area (Å²) in [6.45, 7) is 0. The Hall–Kier alpha value is -5.52. The molecule has 4 N–H and O–H groups in total. The van der Waals surface area contributed by atoms with Gasteiger partial charge in [-0.05, 0) is 11.1 Å². The van der Waals surface area contributed by atoms with E-state index in [1.807, 2.05) is 0 Å². The Balaban J connectivity index is 1.78. The summed E-state index contributed by atoms with van der Waals surface area (Å²) in [5.74, 6) is -4.55. The van der Waals surface area contributed by atoms with Gasteiger partial charge in [-0.2, -0.15) is 0 Å².